The Morgan fingerprint density at radius 1 is 1.11 bits per heavy atom. The van der Waals surface area contributed by atoms with E-state index < -0.39 is 0 Å². The predicted octanol–water partition coefficient (Wildman–Crippen LogP) is 3.25. The van der Waals surface area contributed by atoms with Crippen LogP contribution in [0.25, 0.3) is 0 Å². The van der Waals surface area contributed by atoms with Gasteiger partial charge >= 0.3 is 0 Å². The van der Waals surface area contributed by atoms with Crippen LogP contribution in [-0.2, 0) is 17.8 Å². The SMILES string of the molecule is O=C(NCc1ccco1)C1CCN(CC2CCOc3ccccc3C2)CC1. The van der Waals surface area contributed by atoms with Crippen LogP contribution >= 0.6 is 0 Å². The van der Waals surface area contributed by atoms with E-state index in [2.05, 4.69) is 28.4 Å². The average Bonchev–Trinajstić information content (AvgIpc) is 3.13. The van der Waals surface area contributed by atoms with Crippen molar-refractivity contribution < 1.29 is 13.9 Å². The summed E-state index contributed by atoms with van der Waals surface area (Å²) in [4.78, 5) is 14.9. The Morgan fingerprint density at radius 3 is 2.78 bits per heavy atom. The van der Waals surface area contributed by atoms with Crippen molar-refractivity contribution in [3.05, 3.63) is 54.0 Å². The lowest BCUT2D eigenvalue weighted by Crippen LogP contribution is -2.42. The molecule has 3 heterocycles. The number of fused-ring (bicyclic) bond motifs is 1. The molecule has 0 aliphatic carbocycles. The Kier molecular flexibility index (Phi) is 5.78. The second-order valence-electron chi connectivity index (χ2n) is 7.69. The summed E-state index contributed by atoms with van der Waals surface area (Å²) in [6, 6.07) is 12.1. The van der Waals surface area contributed by atoms with Gasteiger partial charge in [0.15, 0.2) is 0 Å². The molecule has 144 valence electrons. The highest BCUT2D eigenvalue weighted by atomic mass is 16.5. The number of nitrogens with zero attached hydrogens (tertiary/aromatic N) is 1. The summed E-state index contributed by atoms with van der Waals surface area (Å²) in [6.07, 6.45) is 5.68. The highest BCUT2D eigenvalue weighted by Gasteiger charge is 2.27. The lowest BCUT2D eigenvalue weighted by molar-refractivity contribution is -0.126. The molecule has 1 unspecified atom stereocenters. The third kappa shape index (κ3) is 4.72. The van der Waals surface area contributed by atoms with E-state index >= 15 is 0 Å². The smallest absolute Gasteiger partial charge is 0.223 e. The van der Waals surface area contributed by atoms with Gasteiger partial charge in [-0.3, -0.25) is 4.79 Å². The third-order valence-electron chi connectivity index (χ3n) is 5.76. The minimum atomic E-state index is 0.120. The molecule has 2 aromatic rings. The molecule has 1 aromatic heterocycles. The number of furan rings is 1. The van der Waals surface area contributed by atoms with Crippen LogP contribution in [0.3, 0.4) is 0 Å². The number of hydrogen-bond donors (Lipinski definition) is 1. The van der Waals surface area contributed by atoms with Crippen LogP contribution in [0.15, 0.2) is 47.1 Å². The topological polar surface area (TPSA) is 54.7 Å². The Morgan fingerprint density at radius 2 is 1.96 bits per heavy atom. The van der Waals surface area contributed by atoms with E-state index in [1.807, 2.05) is 18.2 Å². The van der Waals surface area contributed by atoms with E-state index in [9.17, 15) is 4.79 Å². The monoisotopic (exact) mass is 368 g/mol. The third-order valence-corrected chi connectivity index (χ3v) is 5.76. The number of benzene rings is 1. The molecule has 1 saturated heterocycles. The first-order chi connectivity index (χ1) is 13.3. The van der Waals surface area contributed by atoms with Gasteiger partial charge in [-0.1, -0.05) is 18.2 Å². The highest BCUT2D eigenvalue weighted by Crippen LogP contribution is 2.28. The van der Waals surface area contributed by atoms with Crippen LogP contribution < -0.4 is 10.1 Å². The number of para-hydroxylation sites is 1. The van der Waals surface area contributed by atoms with Crippen molar-refractivity contribution in [3.8, 4) is 5.75 Å². The molecule has 0 bridgehead atoms. The van der Waals surface area contributed by atoms with Crippen molar-refractivity contribution in [3.63, 3.8) is 0 Å². The Balaban J connectivity index is 1.23. The molecule has 0 radical (unpaired) electrons. The maximum atomic E-state index is 12.4. The molecular weight excluding hydrogens is 340 g/mol. The molecule has 2 aliphatic heterocycles. The number of carbonyl (C=O) groups is 1. The quantitative estimate of drug-likeness (QED) is 0.880. The van der Waals surface area contributed by atoms with Gasteiger partial charge in [0.2, 0.25) is 5.91 Å². The number of likely N-dealkylation sites (tertiary alicyclic amines) is 1. The number of rotatable bonds is 5. The molecule has 1 fully saturated rings. The zero-order valence-corrected chi connectivity index (χ0v) is 15.7. The van der Waals surface area contributed by atoms with Gasteiger partial charge in [-0.15, -0.1) is 0 Å². The maximum Gasteiger partial charge on any atom is 0.223 e. The second kappa shape index (κ2) is 8.61. The van der Waals surface area contributed by atoms with Gasteiger partial charge in [0.1, 0.15) is 11.5 Å². The van der Waals surface area contributed by atoms with E-state index in [0.717, 1.165) is 63.4 Å². The highest BCUT2D eigenvalue weighted by molar-refractivity contribution is 5.78. The van der Waals surface area contributed by atoms with Crippen LogP contribution in [0.1, 0.15) is 30.6 Å². The van der Waals surface area contributed by atoms with E-state index in [1.165, 1.54) is 5.56 Å². The summed E-state index contributed by atoms with van der Waals surface area (Å²) in [6.45, 7) is 4.37. The summed E-state index contributed by atoms with van der Waals surface area (Å²) in [7, 11) is 0. The van der Waals surface area contributed by atoms with Gasteiger partial charge in [-0.25, -0.2) is 0 Å². The van der Waals surface area contributed by atoms with Crippen LogP contribution in [0.5, 0.6) is 5.75 Å². The number of carbonyl (C=O) groups excluding carboxylic acids is 1. The first-order valence-corrected chi connectivity index (χ1v) is 10.0. The molecule has 5 nitrogen and oxygen atoms in total. The standard InChI is InChI=1S/C22H28N2O3/c25-22(23-15-20-5-3-12-26-20)18-7-10-24(11-8-18)16-17-9-13-27-21-6-2-1-4-19(21)14-17/h1-6,12,17-18H,7-11,13-16H2,(H,23,25). The molecule has 27 heavy (non-hydrogen) atoms. The summed E-state index contributed by atoms with van der Waals surface area (Å²) in [5.74, 6) is 2.75. The molecule has 1 N–H and O–H groups in total. The summed E-state index contributed by atoms with van der Waals surface area (Å²) < 4.78 is 11.2. The lowest BCUT2D eigenvalue weighted by Gasteiger charge is -2.33. The van der Waals surface area contributed by atoms with Crippen molar-refractivity contribution in [1.82, 2.24) is 10.2 Å². The van der Waals surface area contributed by atoms with Crippen molar-refractivity contribution in [2.45, 2.75) is 32.2 Å². The fourth-order valence-electron chi connectivity index (χ4n) is 4.19. The molecule has 0 saturated carbocycles. The van der Waals surface area contributed by atoms with Gasteiger partial charge < -0.3 is 19.4 Å². The Hall–Kier alpha value is -2.27. The Bertz CT molecular complexity index is 736. The normalized spacial score (nSPS) is 21.1. The van der Waals surface area contributed by atoms with Crippen LogP contribution in [0, 0.1) is 11.8 Å². The molecule has 4 rings (SSSR count). The van der Waals surface area contributed by atoms with Gasteiger partial charge in [0.05, 0.1) is 19.4 Å². The lowest BCUT2D eigenvalue weighted by atomic mass is 9.92. The van der Waals surface area contributed by atoms with E-state index in [0.29, 0.717) is 12.5 Å². The fourth-order valence-corrected chi connectivity index (χ4v) is 4.19. The van der Waals surface area contributed by atoms with Crippen molar-refractivity contribution >= 4 is 5.91 Å². The predicted molar refractivity (Wildman–Crippen MR) is 103 cm³/mol. The molecular formula is C22H28N2O3. The number of amides is 1. The van der Waals surface area contributed by atoms with Gasteiger partial charge in [0.25, 0.3) is 0 Å². The van der Waals surface area contributed by atoms with Crippen molar-refractivity contribution in [2.24, 2.45) is 11.8 Å². The molecule has 1 aromatic carbocycles. The van der Waals surface area contributed by atoms with Gasteiger partial charge in [0, 0.05) is 12.5 Å². The fraction of sp³-hybridized carbons (Fsp3) is 0.500. The molecule has 5 heteroatoms. The molecule has 2 aliphatic rings. The van der Waals surface area contributed by atoms with Crippen LogP contribution in [0.4, 0.5) is 0 Å². The number of ether oxygens (including phenoxy) is 1. The molecule has 1 amide bonds. The van der Waals surface area contributed by atoms with Gasteiger partial charge in [-0.05, 0) is 68.5 Å². The maximum absolute atomic E-state index is 12.4. The van der Waals surface area contributed by atoms with Crippen LogP contribution in [0.2, 0.25) is 0 Å². The first-order valence-electron chi connectivity index (χ1n) is 10.0. The van der Waals surface area contributed by atoms with Gasteiger partial charge in [-0.2, -0.15) is 0 Å². The van der Waals surface area contributed by atoms with Crippen molar-refractivity contribution in [1.29, 1.82) is 0 Å². The van der Waals surface area contributed by atoms with E-state index in [4.69, 9.17) is 9.15 Å². The minimum Gasteiger partial charge on any atom is -0.493 e. The van der Waals surface area contributed by atoms with Crippen molar-refractivity contribution in [2.75, 3.05) is 26.2 Å². The Labute approximate surface area is 160 Å². The molecule has 0 spiro atoms. The minimum absolute atomic E-state index is 0.120. The summed E-state index contributed by atoms with van der Waals surface area (Å²) >= 11 is 0. The average molecular weight is 368 g/mol. The first kappa shape index (κ1) is 18.1. The largest absolute Gasteiger partial charge is 0.493 e. The number of hydrogen-bond acceptors (Lipinski definition) is 4. The summed E-state index contributed by atoms with van der Waals surface area (Å²) in [5, 5.41) is 3.00. The number of nitrogens with one attached hydrogen (secondary N) is 1. The summed E-state index contributed by atoms with van der Waals surface area (Å²) in [5.41, 5.74) is 1.33. The number of piperidine rings is 1. The molecule has 1 atom stereocenters. The zero-order chi connectivity index (χ0) is 18.5. The zero-order valence-electron chi connectivity index (χ0n) is 15.7. The van der Waals surface area contributed by atoms with E-state index in [1.54, 1.807) is 6.26 Å². The van der Waals surface area contributed by atoms with Crippen LogP contribution in [-0.4, -0.2) is 37.0 Å². The second-order valence-corrected chi connectivity index (χ2v) is 7.69. The van der Waals surface area contributed by atoms with E-state index in [-0.39, 0.29) is 11.8 Å².